The number of rotatable bonds is 4. The van der Waals surface area contributed by atoms with Crippen molar-refractivity contribution in [1.29, 1.82) is 0 Å². The Morgan fingerprint density at radius 1 is 1.10 bits per heavy atom. The van der Waals surface area contributed by atoms with E-state index in [2.05, 4.69) is 46.1 Å². The Kier molecular flexibility index (Phi) is 7.75. The molecule has 3 aromatic rings. The van der Waals surface area contributed by atoms with Gasteiger partial charge in [0.05, 0.1) is 11.7 Å². The van der Waals surface area contributed by atoms with Crippen molar-refractivity contribution in [2.45, 2.75) is 60.7 Å². The van der Waals surface area contributed by atoms with Crippen molar-refractivity contribution in [3.8, 4) is 11.1 Å². The molecule has 168 valence electrons. The third-order valence-corrected chi connectivity index (χ3v) is 3.94. The van der Waals surface area contributed by atoms with Gasteiger partial charge in [-0.25, -0.2) is 19.5 Å². The van der Waals surface area contributed by atoms with Crippen molar-refractivity contribution >= 4 is 23.0 Å². The number of pyridine rings is 1. The lowest BCUT2D eigenvalue weighted by atomic mass is 10.1. The van der Waals surface area contributed by atoms with Gasteiger partial charge >= 0.3 is 6.18 Å². The summed E-state index contributed by atoms with van der Waals surface area (Å²) in [7, 11) is 0. The fraction of sp³-hybridized carbons (Fsp3) is 0.455. The topological polar surface area (TPSA) is 67.5 Å². The molecule has 9 heteroatoms. The highest BCUT2D eigenvalue weighted by atomic mass is 19.4. The standard InChI is InChI=1S/C18H19F3N6.C4H10/c1-10(2)24-16-11(3)7-13(8-22-16)14-5-6-27-15(14)9-23-17(26-27)25-12(4)18(19,20)21;1-4(2)3/h5-9,12H,1-4H3,(H,25,26);4H,1-3H3/t12-;/m1./s1. The normalized spacial score (nSPS) is 12.4. The van der Waals surface area contributed by atoms with Crippen LogP contribution in [-0.4, -0.2) is 37.5 Å². The van der Waals surface area contributed by atoms with Gasteiger partial charge in [0.25, 0.3) is 0 Å². The van der Waals surface area contributed by atoms with E-state index in [1.807, 2.05) is 32.9 Å². The highest BCUT2D eigenvalue weighted by Crippen LogP contribution is 2.28. The lowest BCUT2D eigenvalue weighted by Crippen LogP contribution is -2.33. The van der Waals surface area contributed by atoms with E-state index in [1.54, 1.807) is 12.4 Å². The average Bonchev–Trinajstić information content (AvgIpc) is 3.05. The van der Waals surface area contributed by atoms with Gasteiger partial charge in [0, 0.05) is 29.2 Å². The van der Waals surface area contributed by atoms with Crippen molar-refractivity contribution in [3.63, 3.8) is 0 Å². The van der Waals surface area contributed by atoms with Crippen molar-refractivity contribution < 1.29 is 13.2 Å². The summed E-state index contributed by atoms with van der Waals surface area (Å²) < 4.78 is 39.5. The number of hydrogen-bond donors (Lipinski definition) is 1. The highest BCUT2D eigenvalue weighted by Gasteiger charge is 2.36. The molecule has 0 radical (unpaired) electrons. The van der Waals surface area contributed by atoms with Crippen molar-refractivity contribution in [1.82, 2.24) is 19.6 Å². The van der Waals surface area contributed by atoms with E-state index in [4.69, 9.17) is 0 Å². The third-order valence-electron chi connectivity index (χ3n) is 3.94. The molecule has 31 heavy (non-hydrogen) atoms. The van der Waals surface area contributed by atoms with Crippen LogP contribution in [0.2, 0.25) is 0 Å². The van der Waals surface area contributed by atoms with Gasteiger partial charge in [0.15, 0.2) is 5.82 Å². The molecule has 0 aromatic carbocycles. The Morgan fingerprint density at radius 3 is 2.29 bits per heavy atom. The first-order valence-electron chi connectivity index (χ1n) is 10.0. The molecule has 0 saturated heterocycles. The van der Waals surface area contributed by atoms with Crippen LogP contribution in [0.1, 0.15) is 47.1 Å². The number of aryl methyl sites for hydroxylation is 1. The summed E-state index contributed by atoms with van der Waals surface area (Å²) in [4.78, 5) is 12.8. The van der Waals surface area contributed by atoms with E-state index in [-0.39, 0.29) is 5.95 Å². The first-order chi connectivity index (χ1) is 14.4. The lowest BCUT2D eigenvalue weighted by Gasteiger charge is -2.16. The number of anilines is 1. The van der Waals surface area contributed by atoms with Gasteiger partial charge < -0.3 is 5.32 Å². The maximum absolute atomic E-state index is 12.7. The van der Waals surface area contributed by atoms with Gasteiger partial charge in [0.2, 0.25) is 5.95 Å². The van der Waals surface area contributed by atoms with Crippen LogP contribution in [0.4, 0.5) is 24.9 Å². The second-order valence-electron chi connectivity index (χ2n) is 8.20. The average molecular weight is 435 g/mol. The maximum Gasteiger partial charge on any atom is 0.408 e. The molecule has 3 heterocycles. The Hall–Kier alpha value is -2.97. The second kappa shape index (κ2) is 9.89. The van der Waals surface area contributed by atoms with E-state index in [0.717, 1.165) is 35.2 Å². The number of alkyl halides is 3. The van der Waals surface area contributed by atoms with E-state index < -0.39 is 12.2 Å². The lowest BCUT2D eigenvalue weighted by molar-refractivity contribution is -0.138. The fourth-order valence-corrected chi connectivity index (χ4v) is 2.53. The number of aliphatic imine (C=N–C) groups is 1. The molecule has 3 aromatic heterocycles. The number of fused-ring (bicyclic) bond motifs is 1. The molecule has 0 saturated carbocycles. The van der Waals surface area contributed by atoms with Crippen molar-refractivity contribution in [2.75, 3.05) is 5.32 Å². The van der Waals surface area contributed by atoms with Gasteiger partial charge in [-0.3, -0.25) is 0 Å². The van der Waals surface area contributed by atoms with E-state index >= 15 is 0 Å². The fourth-order valence-electron chi connectivity index (χ4n) is 2.53. The van der Waals surface area contributed by atoms with E-state index in [0.29, 0.717) is 11.3 Å². The minimum Gasteiger partial charge on any atom is -0.341 e. The Morgan fingerprint density at radius 2 is 1.74 bits per heavy atom. The quantitative estimate of drug-likeness (QED) is 0.494. The van der Waals surface area contributed by atoms with Gasteiger partial charge in [-0.1, -0.05) is 20.8 Å². The first-order valence-corrected chi connectivity index (χ1v) is 10.0. The molecule has 1 atom stereocenters. The number of nitrogens with zero attached hydrogens (tertiary/aromatic N) is 5. The summed E-state index contributed by atoms with van der Waals surface area (Å²) in [5.41, 5.74) is 4.20. The van der Waals surface area contributed by atoms with Crippen LogP contribution in [0.5, 0.6) is 0 Å². The molecule has 0 spiro atoms. The van der Waals surface area contributed by atoms with Crippen LogP contribution in [0.25, 0.3) is 16.6 Å². The molecule has 6 nitrogen and oxygen atoms in total. The highest BCUT2D eigenvalue weighted by molar-refractivity contribution is 5.83. The van der Waals surface area contributed by atoms with Crippen LogP contribution < -0.4 is 5.32 Å². The molecule has 0 aliphatic carbocycles. The van der Waals surface area contributed by atoms with Gasteiger partial charge in [-0.05, 0) is 51.3 Å². The van der Waals surface area contributed by atoms with Crippen LogP contribution in [-0.2, 0) is 0 Å². The number of hydrogen-bond acceptors (Lipinski definition) is 5. The molecule has 1 N–H and O–H groups in total. The molecule has 0 fully saturated rings. The van der Waals surface area contributed by atoms with Crippen LogP contribution >= 0.6 is 0 Å². The molecule has 0 aliphatic heterocycles. The Bertz CT molecular complexity index is 1050. The zero-order valence-corrected chi connectivity index (χ0v) is 18.9. The summed E-state index contributed by atoms with van der Waals surface area (Å²) in [5, 5.41) is 6.37. The first kappa shape index (κ1) is 24.3. The monoisotopic (exact) mass is 434 g/mol. The third kappa shape index (κ3) is 6.77. The Labute approximate surface area is 180 Å². The smallest absolute Gasteiger partial charge is 0.341 e. The van der Waals surface area contributed by atoms with Crippen molar-refractivity contribution in [2.24, 2.45) is 10.9 Å². The van der Waals surface area contributed by atoms with E-state index in [9.17, 15) is 13.2 Å². The zero-order chi connectivity index (χ0) is 23.3. The second-order valence-corrected chi connectivity index (χ2v) is 8.20. The number of halogens is 3. The van der Waals surface area contributed by atoms with E-state index in [1.165, 1.54) is 10.7 Å². The predicted molar refractivity (Wildman–Crippen MR) is 119 cm³/mol. The molecule has 0 bridgehead atoms. The zero-order valence-electron chi connectivity index (χ0n) is 18.9. The van der Waals surface area contributed by atoms with Crippen molar-refractivity contribution in [3.05, 3.63) is 36.3 Å². The maximum atomic E-state index is 12.7. The number of nitrogens with one attached hydrogen (secondary N) is 1. The minimum atomic E-state index is -4.37. The van der Waals surface area contributed by atoms with Gasteiger partial charge in [-0.15, -0.1) is 5.10 Å². The van der Waals surface area contributed by atoms with Crippen LogP contribution in [0.15, 0.2) is 35.7 Å². The van der Waals surface area contributed by atoms with Gasteiger partial charge in [-0.2, -0.15) is 13.2 Å². The molecular formula is C22H29F3N6. The molecular weight excluding hydrogens is 405 g/mol. The predicted octanol–water partition coefficient (Wildman–Crippen LogP) is 6.24. The summed E-state index contributed by atoms with van der Waals surface area (Å²) >= 11 is 0. The molecule has 0 amide bonds. The number of aromatic nitrogens is 4. The summed E-state index contributed by atoms with van der Waals surface area (Å²) in [6.07, 6.45) is 0.505. The largest absolute Gasteiger partial charge is 0.408 e. The summed E-state index contributed by atoms with van der Waals surface area (Å²) in [5.74, 6) is 1.40. The van der Waals surface area contributed by atoms with Crippen LogP contribution in [0.3, 0.4) is 0 Å². The molecule has 0 aliphatic rings. The SMILES string of the molecule is CC(C)=Nc1ncc(-c2ccn3nc(N[C@H](C)C(F)(F)F)ncc23)cc1C.CC(C)C. The molecule has 3 rings (SSSR count). The van der Waals surface area contributed by atoms with Gasteiger partial charge in [0.1, 0.15) is 6.04 Å². The summed E-state index contributed by atoms with van der Waals surface area (Å²) in [6.45, 7) is 13.2. The molecule has 0 unspecified atom stereocenters. The summed E-state index contributed by atoms with van der Waals surface area (Å²) in [6, 6.07) is 2.04. The Balaban J connectivity index is 0.000000785. The van der Waals surface area contributed by atoms with Crippen LogP contribution in [0, 0.1) is 12.8 Å². The minimum absolute atomic E-state index is 0.0908.